The van der Waals surface area contributed by atoms with Crippen LogP contribution in [0.15, 0.2) is 18.2 Å². The first kappa shape index (κ1) is 12.3. The van der Waals surface area contributed by atoms with Crippen LogP contribution >= 0.6 is 0 Å². The van der Waals surface area contributed by atoms with Crippen molar-refractivity contribution in [1.29, 1.82) is 0 Å². The van der Waals surface area contributed by atoms with Gasteiger partial charge in [0.05, 0.1) is 12.2 Å². The lowest BCUT2D eigenvalue weighted by molar-refractivity contribution is 0.0678. The summed E-state index contributed by atoms with van der Waals surface area (Å²) in [6, 6.07) is 4.52. The Morgan fingerprint density at radius 3 is 3.00 bits per heavy atom. The molecule has 1 heterocycles. The highest BCUT2D eigenvalue weighted by Crippen LogP contribution is 2.22. The van der Waals surface area contributed by atoms with Crippen molar-refractivity contribution >= 4 is 0 Å². The quantitative estimate of drug-likeness (QED) is 0.878. The van der Waals surface area contributed by atoms with Gasteiger partial charge in [-0.05, 0) is 31.9 Å². The Kier molecular flexibility index (Phi) is 3.97. The van der Waals surface area contributed by atoms with Crippen molar-refractivity contribution in [3.63, 3.8) is 0 Å². The lowest BCUT2D eigenvalue weighted by Gasteiger charge is -2.13. The molecule has 0 saturated carbocycles. The third kappa shape index (κ3) is 3.17. The Balaban J connectivity index is 1.94. The van der Waals surface area contributed by atoms with Crippen molar-refractivity contribution in [2.45, 2.75) is 32.0 Å². The number of halogens is 1. The number of ether oxygens (including phenoxy) is 2. The van der Waals surface area contributed by atoms with Crippen LogP contribution in [0.3, 0.4) is 0 Å². The second-order valence-electron chi connectivity index (χ2n) is 4.31. The summed E-state index contributed by atoms with van der Waals surface area (Å²) in [5.74, 6) is 0.0345. The first-order chi connectivity index (χ1) is 8.16. The molecule has 2 atom stereocenters. The van der Waals surface area contributed by atoms with Crippen LogP contribution in [0.5, 0.6) is 5.75 Å². The van der Waals surface area contributed by atoms with Gasteiger partial charge in [-0.3, -0.25) is 0 Å². The maximum Gasteiger partial charge on any atom is 0.132 e. The molecule has 1 aliphatic rings. The molecule has 0 radical (unpaired) electrons. The molecule has 1 N–H and O–H groups in total. The largest absolute Gasteiger partial charge is 0.491 e. The summed E-state index contributed by atoms with van der Waals surface area (Å²) >= 11 is 0. The minimum Gasteiger partial charge on any atom is -0.491 e. The summed E-state index contributed by atoms with van der Waals surface area (Å²) in [6.45, 7) is 2.77. The number of rotatable bonds is 4. The Hall–Kier alpha value is -1.13. The Morgan fingerprint density at radius 1 is 1.59 bits per heavy atom. The molecule has 17 heavy (non-hydrogen) atoms. The third-order valence-corrected chi connectivity index (χ3v) is 2.88. The van der Waals surface area contributed by atoms with Crippen molar-refractivity contribution < 1.29 is 19.0 Å². The molecule has 1 aromatic rings. The fourth-order valence-electron chi connectivity index (χ4n) is 1.90. The SMILES string of the molecule is C[C@H](O)c1ccc(OCC2CCCO2)cc1F. The number of hydrogen-bond acceptors (Lipinski definition) is 3. The van der Waals surface area contributed by atoms with Gasteiger partial charge in [-0.2, -0.15) is 0 Å². The maximum atomic E-state index is 13.5. The van der Waals surface area contributed by atoms with Crippen LogP contribution in [0, 0.1) is 5.82 Å². The highest BCUT2D eigenvalue weighted by molar-refractivity contribution is 5.30. The van der Waals surface area contributed by atoms with Crippen LogP contribution in [-0.4, -0.2) is 24.4 Å². The molecule has 1 fully saturated rings. The van der Waals surface area contributed by atoms with E-state index in [-0.39, 0.29) is 11.7 Å². The second kappa shape index (κ2) is 5.47. The zero-order valence-corrected chi connectivity index (χ0v) is 9.86. The highest BCUT2D eigenvalue weighted by atomic mass is 19.1. The average molecular weight is 240 g/mol. The van der Waals surface area contributed by atoms with Crippen LogP contribution < -0.4 is 4.74 Å². The summed E-state index contributed by atoms with van der Waals surface area (Å²) in [7, 11) is 0. The molecule has 4 heteroatoms. The number of benzene rings is 1. The van der Waals surface area contributed by atoms with E-state index in [4.69, 9.17) is 9.47 Å². The van der Waals surface area contributed by atoms with Crippen molar-refractivity contribution in [3.05, 3.63) is 29.6 Å². The molecule has 1 aromatic carbocycles. The fraction of sp³-hybridized carbons (Fsp3) is 0.538. The average Bonchev–Trinajstić information content (AvgIpc) is 2.78. The highest BCUT2D eigenvalue weighted by Gasteiger charge is 2.16. The lowest BCUT2D eigenvalue weighted by atomic mass is 10.1. The van der Waals surface area contributed by atoms with E-state index < -0.39 is 11.9 Å². The lowest BCUT2D eigenvalue weighted by Crippen LogP contribution is -2.16. The van der Waals surface area contributed by atoms with E-state index >= 15 is 0 Å². The van der Waals surface area contributed by atoms with Crippen molar-refractivity contribution in [3.8, 4) is 5.75 Å². The summed E-state index contributed by atoms with van der Waals surface area (Å²) in [4.78, 5) is 0. The van der Waals surface area contributed by atoms with Gasteiger partial charge < -0.3 is 14.6 Å². The zero-order valence-electron chi connectivity index (χ0n) is 9.86. The van der Waals surface area contributed by atoms with Crippen LogP contribution in [0.4, 0.5) is 4.39 Å². The number of hydrogen-bond donors (Lipinski definition) is 1. The molecule has 1 unspecified atom stereocenters. The zero-order chi connectivity index (χ0) is 12.3. The van der Waals surface area contributed by atoms with Gasteiger partial charge in [-0.25, -0.2) is 4.39 Å². The van der Waals surface area contributed by atoms with Gasteiger partial charge in [0, 0.05) is 18.2 Å². The van der Waals surface area contributed by atoms with Gasteiger partial charge >= 0.3 is 0 Å². The molecular formula is C13H17FO3. The summed E-state index contributed by atoms with van der Waals surface area (Å²) in [6.07, 6.45) is 1.37. The predicted molar refractivity (Wildman–Crippen MR) is 61.5 cm³/mol. The van der Waals surface area contributed by atoms with Gasteiger partial charge in [-0.1, -0.05) is 0 Å². The van der Waals surface area contributed by atoms with Crippen LogP contribution in [-0.2, 0) is 4.74 Å². The van der Waals surface area contributed by atoms with Gasteiger partial charge in [0.2, 0.25) is 0 Å². The van der Waals surface area contributed by atoms with E-state index in [0.717, 1.165) is 19.4 Å². The first-order valence-corrected chi connectivity index (χ1v) is 5.88. The minimum absolute atomic E-state index is 0.120. The second-order valence-corrected chi connectivity index (χ2v) is 4.31. The van der Waals surface area contributed by atoms with Gasteiger partial charge in [0.25, 0.3) is 0 Å². The van der Waals surface area contributed by atoms with E-state index in [1.165, 1.54) is 13.0 Å². The monoisotopic (exact) mass is 240 g/mol. The molecule has 94 valence electrons. The fourth-order valence-corrected chi connectivity index (χ4v) is 1.90. The van der Waals surface area contributed by atoms with Gasteiger partial charge in [0.15, 0.2) is 0 Å². The van der Waals surface area contributed by atoms with Crippen molar-refractivity contribution in [2.75, 3.05) is 13.2 Å². The van der Waals surface area contributed by atoms with E-state index in [9.17, 15) is 9.50 Å². The Bertz CT molecular complexity index is 373. The number of aliphatic hydroxyl groups excluding tert-OH is 1. The maximum absolute atomic E-state index is 13.5. The predicted octanol–water partition coefficient (Wildman–Crippen LogP) is 2.44. The molecule has 0 amide bonds. The van der Waals surface area contributed by atoms with E-state index in [2.05, 4.69) is 0 Å². The van der Waals surface area contributed by atoms with E-state index in [1.807, 2.05) is 0 Å². The van der Waals surface area contributed by atoms with Gasteiger partial charge in [0.1, 0.15) is 18.2 Å². The molecule has 3 nitrogen and oxygen atoms in total. The van der Waals surface area contributed by atoms with Crippen molar-refractivity contribution in [1.82, 2.24) is 0 Å². The van der Waals surface area contributed by atoms with Crippen LogP contribution in [0.25, 0.3) is 0 Å². The molecule has 1 aliphatic heterocycles. The van der Waals surface area contributed by atoms with E-state index in [0.29, 0.717) is 12.4 Å². The van der Waals surface area contributed by atoms with Crippen LogP contribution in [0.1, 0.15) is 31.4 Å². The minimum atomic E-state index is -0.804. The summed E-state index contributed by atoms with van der Waals surface area (Å²) < 4.78 is 24.4. The standard InChI is InChI=1S/C13H17FO3/c1-9(15)12-5-4-10(7-13(12)14)17-8-11-3-2-6-16-11/h4-5,7,9,11,15H,2-3,6,8H2,1H3/t9-,11?/m0/s1. The molecule has 2 rings (SSSR count). The summed E-state index contributed by atoms with van der Waals surface area (Å²) in [5, 5.41) is 9.30. The number of aliphatic hydroxyl groups is 1. The first-order valence-electron chi connectivity index (χ1n) is 5.88. The van der Waals surface area contributed by atoms with Crippen LogP contribution in [0.2, 0.25) is 0 Å². The normalized spacial score (nSPS) is 21.5. The Morgan fingerprint density at radius 2 is 2.41 bits per heavy atom. The molecule has 0 aliphatic carbocycles. The molecule has 0 aromatic heterocycles. The molecular weight excluding hydrogens is 223 g/mol. The topological polar surface area (TPSA) is 38.7 Å². The van der Waals surface area contributed by atoms with Gasteiger partial charge in [-0.15, -0.1) is 0 Å². The molecule has 0 bridgehead atoms. The summed E-state index contributed by atoms with van der Waals surface area (Å²) in [5.41, 5.74) is 0.287. The Labute approximate surface area is 100 Å². The molecule has 1 saturated heterocycles. The smallest absolute Gasteiger partial charge is 0.132 e. The molecule has 0 spiro atoms. The van der Waals surface area contributed by atoms with Crippen molar-refractivity contribution in [2.24, 2.45) is 0 Å². The third-order valence-electron chi connectivity index (χ3n) is 2.88. The van der Waals surface area contributed by atoms with E-state index in [1.54, 1.807) is 12.1 Å².